The van der Waals surface area contributed by atoms with E-state index in [0.29, 0.717) is 0 Å². The number of para-hydroxylation sites is 4. The van der Waals surface area contributed by atoms with Crippen LogP contribution < -0.4 is 20.2 Å². The Hall–Kier alpha value is -5.26. The van der Waals surface area contributed by atoms with Gasteiger partial charge in [-0.3, -0.25) is 9.97 Å². The van der Waals surface area contributed by atoms with Gasteiger partial charge in [-0.15, -0.1) is 0 Å². The molecule has 46 heavy (non-hydrogen) atoms. The molecule has 2 aliphatic rings. The van der Waals surface area contributed by atoms with Crippen LogP contribution in [0.1, 0.15) is 25.0 Å². The molecule has 0 unspecified atom stereocenters. The minimum atomic E-state index is -1.89. The first-order valence-corrected chi connectivity index (χ1v) is 19.0. The molecular formula is C41H34N4Si. The van der Waals surface area contributed by atoms with Crippen molar-refractivity contribution in [2.45, 2.75) is 32.4 Å². The van der Waals surface area contributed by atoms with Crippen LogP contribution in [0.25, 0.3) is 21.8 Å². The highest BCUT2D eigenvalue weighted by molar-refractivity contribution is 7.02. The number of hydrogen-bond acceptors (Lipinski definition) is 4. The van der Waals surface area contributed by atoms with Crippen molar-refractivity contribution in [1.82, 2.24) is 9.97 Å². The Bertz CT molecular complexity index is 2090. The zero-order chi connectivity index (χ0) is 31.2. The normalized spacial score (nSPS) is 15.7. The van der Waals surface area contributed by atoms with Crippen LogP contribution in [0.2, 0.25) is 13.1 Å². The number of hydrogen-bond donors (Lipinski definition) is 0. The molecule has 4 nitrogen and oxygen atoms in total. The van der Waals surface area contributed by atoms with E-state index in [-0.39, 0.29) is 5.41 Å². The van der Waals surface area contributed by atoms with Gasteiger partial charge < -0.3 is 9.80 Å². The highest BCUT2D eigenvalue weighted by Gasteiger charge is 2.39. The standard InChI is InChI=1S/C41H34N4Si/c1-41(2)29-13-5-7-15-33(29)44(34-16-8-6-14-30(34)41)31-23-25-42-39-27(31)21-22-28-32(24-26-43-40(28)39)45-35-17-9-11-19-37(35)46(3,4)38-20-12-10-18-36(38)45/h5-26H,1-4H3. The molecule has 0 bridgehead atoms. The molecule has 0 fully saturated rings. The molecule has 0 N–H and O–H groups in total. The summed E-state index contributed by atoms with van der Waals surface area (Å²) in [5.74, 6) is 0. The van der Waals surface area contributed by atoms with Crippen LogP contribution in [0, 0.1) is 0 Å². The predicted octanol–water partition coefficient (Wildman–Crippen LogP) is 9.50. The largest absolute Gasteiger partial charge is 0.310 e. The quantitative estimate of drug-likeness (QED) is 0.144. The number of fused-ring (bicyclic) bond motifs is 7. The molecule has 0 amide bonds. The molecule has 0 saturated heterocycles. The highest BCUT2D eigenvalue weighted by Crippen LogP contribution is 2.53. The topological polar surface area (TPSA) is 32.3 Å². The van der Waals surface area contributed by atoms with Crippen molar-refractivity contribution < 1.29 is 0 Å². The van der Waals surface area contributed by atoms with Gasteiger partial charge >= 0.3 is 0 Å². The molecule has 2 aliphatic heterocycles. The first kappa shape index (κ1) is 27.1. The molecule has 0 atom stereocenters. The number of benzene rings is 5. The van der Waals surface area contributed by atoms with E-state index in [9.17, 15) is 0 Å². The number of aromatic nitrogens is 2. The Labute approximate surface area is 270 Å². The van der Waals surface area contributed by atoms with Gasteiger partial charge in [-0.25, -0.2) is 0 Å². The first-order chi connectivity index (χ1) is 22.4. The fraction of sp³-hybridized carbons (Fsp3) is 0.122. The van der Waals surface area contributed by atoms with Gasteiger partial charge in [0.15, 0.2) is 0 Å². The van der Waals surface area contributed by atoms with Gasteiger partial charge in [0.1, 0.15) is 8.07 Å². The maximum Gasteiger partial charge on any atom is 0.117 e. The smallest absolute Gasteiger partial charge is 0.117 e. The van der Waals surface area contributed by atoms with E-state index in [1.165, 1.54) is 44.2 Å². The van der Waals surface area contributed by atoms with Gasteiger partial charge in [-0.1, -0.05) is 99.7 Å². The van der Waals surface area contributed by atoms with Gasteiger partial charge in [0.05, 0.1) is 33.8 Å². The molecule has 0 spiro atoms. The lowest BCUT2D eigenvalue weighted by atomic mass is 9.73. The molecule has 222 valence electrons. The Kier molecular flexibility index (Phi) is 5.66. The summed E-state index contributed by atoms with van der Waals surface area (Å²) >= 11 is 0. The summed E-state index contributed by atoms with van der Waals surface area (Å²) in [5.41, 5.74) is 11.5. The van der Waals surface area contributed by atoms with Gasteiger partial charge in [0.2, 0.25) is 0 Å². The van der Waals surface area contributed by atoms with Crippen molar-refractivity contribution in [2.75, 3.05) is 9.80 Å². The van der Waals surface area contributed by atoms with Crippen LogP contribution in [0.15, 0.2) is 134 Å². The summed E-state index contributed by atoms with van der Waals surface area (Å²) in [6.45, 7) is 9.57. The fourth-order valence-corrected chi connectivity index (χ4v) is 11.0. The van der Waals surface area contributed by atoms with Crippen LogP contribution in [-0.4, -0.2) is 18.0 Å². The van der Waals surface area contributed by atoms with E-state index < -0.39 is 8.07 Å². The average Bonchev–Trinajstić information content (AvgIpc) is 3.09. The number of pyridine rings is 2. The summed E-state index contributed by atoms with van der Waals surface area (Å²) in [6.07, 6.45) is 3.89. The predicted molar refractivity (Wildman–Crippen MR) is 195 cm³/mol. The number of anilines is 6. The Morgan fingerprint density at radius 3 is 1.33 bits per heavy atom. The molecule has 5 aromatic carbocycles. The summed E-state index contributed by atoms with van der Waals surface area (Å²) in [4.78, 5) is 14.9. The van der Waals surface area contributed by atoms with E-state index in [2.05, 4.69) is 158 Å². The number of nitrogens with zero attached hydrogens (tertiary/aromatic N) is 4. The SMILES string of the molecule is CC1(C)c2ccccc2N(c2ccnc3c2ccc2c(N4c5ccccc5[Si](C)(C)c5ccccc54)ccnc23)c2ccccc21. The second-order valence-corrected chi connectivity index (χ2v) is 17.8. The molecule has 0 saturated carbocycles. The van der Waals surface area contributed by atoms with Gasteiger partial charge in [-0.05, 0) is 70.0 Å². The molecule has 2 aromatic heterocycles. The van der Waals surface area contributed by atoms with Crippen LogP contribution in [-0.2, 0) is 5.41 Å². The highest BCUT2D eigenvalue weighted by atomic mass is 28.3. The van der Waals surface area contributed by atoms with Crippen molar-refractivity contribution in [1.29, 1.82) is 0 Å². The Morgan fingerprint density at radius 2 is 0.848 bits per heavy atom. The molecule has 4 heterocycles. The summed E-state index contributed by atoms with van der Waals surface area (Å²) in [7, 11) is -1.89. The lowest BCUT2D eigenvalue weighted by Gasteiger charge is -2.42. The lowest BCUT2D eigenvalue weighted by Crippen LogP contribution is -2.58. The third-order valence-electron chi connectivity index (χ3n) is 10.3. The Morgan fingerprint density at radius 1 is 0.457 bits per heavy atom. The first-order valence-electron chi connectivity index (χ1n) is 16.0. The summed E-state index contributed by atoms with van der Waals surface area (Å²) < 4.78 is 0. The lowest BCUT2D eigenvalue weighted by molar-refractivity contribution is 0.632. The second-order valence-electron chi connectivity index (χ2n) is 13.5. The van der Waals surface area contributed by atoms with Crippen molar-refractivity contribution in [3.8, 4) is 0 Å². The van der Waals surface area contributed by atoms with E-state index in [1.54, 1.807) is 0 Å². The van der Waals surface area contributed by atoms with Crippen molar-refractivity contribution in [3.05, 3.63) is 145 Å². The summed E-state index contributed by atoms with van der Waals surface area (Å²) in [5, 5.41) is 5.07. The van der Waals surface area contributed by atoms with E-state index in [0.717, 1.165) is 33.2 Å². The molecule has 0 radical (unpaired) electrons. The zero-order valence-corrected chi connectivity index (χ0v) is 27.5. The number of rotatable bonds is 2. The zero-order valence-electron chi connectivity index (χ0n) is 26.5. The van der Waals surface area contributed by atoms with Crippen LogP contribution in [0.4, 0.5) is 34.1 Å². The average molecular weight is 611 g/mol. The molecule has 0 aliphatic carbocycles. The minimum Gasteiger partial charge on any atom is -0.310 e. The Balaban J connectivity index is 1.29. The fourth-order valence-electron chi connectivity index (χ4n) is 8.05. The van der Waals surface area contributed by atoms with E-state index in [4.69, 9.17) is 9.97 Å². The van der Waals surface area contributed by atoms with Crippen molar-refractivity contribution in [3.63, 3.8) is 0 Å². The molecule has 7 aromatic rings. The third-order valence-corrected chi connectivity index (χ3v) is 13.9. The monoisotopic (exact) mass is 610 g/mol. The second kappa shape index (κ2) is 9.62. The minimum absolute atomic E-state index is 0.117. The van der Waals surface area contributed by atoms with Gasteiger partial charge in [0.25, 0.3) is 0 Å². The molecular weight excluding hydrogens is 577 g/mol. The maximum absolute atomic E-state index is 5.00. The van der Waals surface area contributed by atoms with E-state index in [1.807, 2.05) is 12.4 Å². The molecule has 9 rings (SSSR count). The van der Waals surface area contributed by atoms with Crippen molar-refractivity contribution in [2.24, 2.45) is 0 Å². The van der Waals surface area contributed by atoms with E-state index >= 15 is 0 Å². The van der Waals surface area contributed by atoms with Gasteiger partial charge in [-0.2, -0.15) is 0 Å². The maximum atomic E-state index is 5.00. The van der Waals surface area contributed by atoms with Crippen LogP contribution in [0.3, 0.4) is 0 Å². The summed E-state index contributed by atoms with van der Waals surface area (Å²) in [6, 6.07) is 44.3. The third kappa shape index (κ3) is 3.60. The molecule has 5 heteroatoms. The van der Waals surface area contributed by atoms with Gasteiger partial charge in [0, 0.05) is 40.0 Å². The van der Waals surface area contributed by atoms with Crippen LogP contribution >= 0.6 is 0 Å². The van der Waals surface area contributed by atoms with Crippen molar-refractivity contribution >= 4 is 74.4 Å². The van der Waals surface area contributed by atoms with Crippen LogP contribution in [0.5, 0.6) is 0 Å².